The number of hydrogen-bond donors (Lipinski definition) is 2. The molecule has 0 aromatic carbocycles. The van der Waals surface area contributed by atoms with Gasteiger partial charge in [-0.3, -0.25) is 14.5 Å². The number of likely N-dealkylation sites (N-methyl/N-ethyl adjacent to an activating group) is 1. The number of ketones is 1. The Labute approximate surface area is 78.5 Å². The number of Topliss-reactive ketones (excluding diaryl/α,β-unsaturated/α-hetero) is 1. The van der Waals surface area contributed by atoms with Crippen LogP contribution in [0.5, 0.6) is 0 Å². The fourth-order valence-corrected chi connectivity index (χ4v) is 0.880. The molecule has 0 unspecified atom stereocenters. The van der Waals surface area contributed by atoms with Gasteiger partial charge in [0.1, 0.15) is 5.78 Å². The molecule has 78 valence electrons. The Bertz CT molecular complexity index is 169. The summed E-state index contributed by atoms with van der Waals surface area (Å²) in [6, 6.07) is -0.368. The molecule has 0 saturated carbocycles. The standard InChI is InChI=1S/C7H14N2O2.CH4O/c1-5(10)6(9(2)3)4-7(8)11;1-2/h6H,4H2,1-3H3,(H2,8,11);2H,1H3/t6-;/m0./s1. The maximum Gasteiger partial charge on any atom is 0.219 e. The SMILES string of the molecule is CC(=O)[C@H](CC(N)=O)N(C)C.CO. The minimum atomic E-state index is -0.445. The molecule has 0 fully saturated rings. The molecule has 1 atom stereocenters. The molecule has 3 N–H and O–H groups in total. The third-order valence-corrected chi connectivity index (χ3v) is 1.49. The summed E-state index contributed by atoms with van der Waals surface area (Å²) in [6.45, 7) is 1.45. The second-order valence-corrected chi connectivity index (χ2v) is 2.76. The average Bonchev–Trinajstić information content (AvgIpc) is 2.03. The molecule has 1 amide bonds. The summed E-state index contributed by atoms with van der Waals surface area (Å²) in [5, 5.41) is 7.00. The first-order chi connectivity index (χ1) is 5.95. The fourth-order valence-electron chi connectivity index (χ4n) is 0.880. The Balaban J connectivity index is 0. The number of nitrogens with two attached hydrogens (primary N) is 1. The normalized spacial score (nSPS) is 11.5. The molecule has 0 spiro atoms. The third kappa shape index (κ3) is 7.42. The Kier molecular flexibility index (Phi) is 8.63. The van der Waals surface area contributed by atoms with E-state index in [0.717, 1.165) is 7.11 Å². The van der Waals surface area contributed by atoms with Crippen LogP contribution in [0.4, 0.5) is 0 Å². The van der Waals surface area contributed by atoms with E-state index in [2.05, 4.69) is 0 Å². The highest BCUT2D eigenvalue weighted by molar-refractivity contribution is 5.87. The van der Waals surface area contributed by atoms with E-state index >= 15 is 0 Å². The molecule has 0 rings (SSSR count). The maximum atomic E-state index is 10.9. The van der Waals surface area contributed by atoms with Gasteiger partial charge in [0.15, 0.2) is 0 Å². The number of aliphatic hydroxyl groups is 1. The first kappa shape index (κ1) is 14.6. The molecule has 5 nitrogen and oxygen atoms in total. The molecule has 0 aliphatic heterocycles. The second kappa shape index (κ2) is 7.70. The minimum absolute atomic E-state index is 0.0335. The van der Waals surface area contributed by atoms with Crippen LogP contribution in [0.3, 0.4) is 0 Å². The smallest absolute Gasteiger partial charge is 0.219 e. The van der Waals surface area contributed by atoms with Crippen LogP contribution >= 0.6 is 0 Å². The summed E-state index contributed by atoms with van der Waals surface area (Å²) in [5.41, 5.74) is 4.95. The summed E-state index contributed by atoms with van der Waals surface area (Å²) in [4.78, 5) is 23.0. The van der Waals surface area contributed by atoms with Crippen molar-refractivity contribution < 1.29 is 14.7 Å². The van der Waals surface area contributed by atoms with E-state index in [4.69, 9.17) is 10.8 Å². The number of carbonyl (C=O) groups excluding carboxylic acids is 2. The van der Waals surface area contributed by atoms with E-state index in [-0.39, 0.29) is 18.2 Å². The molecule has 0 aliphatic carbocycles. The van der Waals surface area contributed by atoms with Crippen LogP contribution in [-0.4, -0.2) is 48.9 Å². The number of rotatable bonds is 4. The molecule has 0 heterocycles. The highest BCUT2D eigenvalue weighted by atomic mass is 16.2. The summed E-state index contributed by atoms with van der Waals surface area (Å²) < 4.78 is 0. The molecule has 0 aliphatic rings. The molecule has 0 bridgehead atoms. The van der Waals surface area contributed by atoms with E-state index in [1.165, 1.54) is 6.92 Å². The fraction of sp³-hybridized carbons (Fsp3) is 0.750. The molecule has 0 saturated heterocycles. The molecular weight excluding hydrogens is 172 g/mol. The summed E-state index contributed by atoms with van der Waals surface area (Å²) in [5.74, 6) is -0.479. The summed E-state index contributed by atoms with van der Waals surface area (Å²) >= 11 is 0. The predicted molar refractivity (Wildman–Crippen MR) is 50.1 cm³/mol. The van der Waals surface area contributed by atoms with Gasteiger partial charge in [-0.2, -0.15) is 0 Å². The zero-order chi connectivity index (χ0) is 11.0. The first-order valence-electron chi connectivity index (χ1n) is 3.85. The van der Waals surface area contributed by atoms with E-state index < -0.39 is 5.91 Å². The maximum absolute atomic E-state index is 10.9. The lowest BCUT2D eigenvalue weighted by Crippen LogP contribution is -2.37. The lowest BCUT2D eigenvalue weighted by molar-refractivity contribution is -0.126. The predicted octanol–water partition coefficient (Wildman–Crippen LogP) is -1.01. The van der Waals surface area contributed by atoms with Crippen LogP contribution in [0.2, 0.25) is 0 Å². The van der Waals surface area contributed by atoms with E-state index in [0.29, 0.717) is 0 Å². The molecule has 13 heavy (non-hydrogen) atoms. The number of nitrogens with zero attached hydrogens (tertiary/aromatic N) is 1. The van der Waals surface area contributed by atoms with Gasteiger partial charge >= 0.3 is 0 Å². The average molecular weight is 190 g/mol. The van der Waals surface area contributed by atoms with Gasteiger partial charge in [-0.25, -0.2) is 0 Å². The van der Waals surface area contributed by atoms with Crippen LogP contribution in [-0.2, 0) is 9.59 Å². The molecule has 0 aromatic heterocycles. The first-order valence-corrected chi connectivity index (χ1v) is 3.85. The highest BCUT2D eigenvalue weighted by Gasteiger charge is 2.18. The zero-order valence-corrected chi connectivity index (χ0v) is 8.57. The second-order valence-electron chi connectivity index (χ2n) is 2.76. The molecular formula is C8H18N2O3. The highest BCUT2D eigenvalue weighted by Crippen LogP contribution is 1.99. The lowest BCUT2D eigenvalue weighted by Gasteiger charge is -2.19. The van der Waals surface area contributed by atoms with Gasteiger partial charge in [-0.15, -0.1) is 0 Å². The van der Waals surface area contributed by atoms with Crippen molar-refractivity contribution in [1.29, 1.82) is 0 Å². The van der Waals surface area contributed by atoms with Crippen LogP contribution in [0.1, 0.15) is 13.3 Å². The van der Waals surface area contributed by atoms with E-state index in [1.807, 2.05) is 0 Å². The lowest BCUT2D eigenvalue weighted by atomic mass is 10.1. The quantitative estimate of drug-likeness (QED) is 0.595. The Hall–Kier alpha value is -0.940. The van der Waals surface area contributed by atoms with Crippen molar-refractivity contribution in [2.24, 2.45) is 5.73 Å². The Morgan fingerprint density at radius 3 is 1.85 bits per heavy atom. The zero-order valence-electron chi connectivity index (χ0n) is 8.57. The summed E-state index contributed by atoms with van der Waals surface area (Å²) in [6.07, 6.45) is 0.0995. The van der Waals surface area contributed by atoms with Crippen LogP contribution in [0.15, 0.2) is 0 Å². The van der Waals surface area contributed by atoms with Crippen molar-refractivity contribution in [2.75, 3.05) is 21.2 Å². The number of amides is 1. The van der Waals surface area contributed by atoms with Gasteiger partial charge in [0.2, 0.25) is 5.91 Å². The Morgan fingerprint density at radius 1 is 1.38 bits per heavy atom. The monoisotopic (exact) mass is 190 g/mol. The molecule has 0 aromatic rings. The number of aliphatic hydroxyl groups excluding tert-OH is 1. The van der Waals surface area contributed by atoms with E-state index in [9.17, 15) is 9.59 Å². The van der Waals surface area contributed by atoms with Gasteiger partial charge in [0.05, 0.1) is 6.04 Å². The Morgan fingerprint density at radius 2 is 1.77 bits per heavy atom. The van der Waals surface area contributed by atoms with Crippen molar-refractivity contribution in [3.05, 3.63) is 0 Å². The van der Waals surface area contributed by atoms with Gasteiger partial charge < -0.3 is 10.8 Å². The topological polar surface area (TPSA) is 83.6 Å². The van der Waals surface area contributed by atoms with Crippen LogP contribution < -0.4 is 5.73 Å². The number of carbonyl (C=O) groups is 2. The van der Waals surface area contributed by atoms with Crippen LogP contribution in [0, 0.1) is 0 Å². The molecule has 5 heteroatoms. The van der Waals surface area contributed by atoms with E-state index in [1.54, 1.807) is 19.0 Å². The summed E-state index contributed by atoms with van der Waals surface area (Å²) in [7, 11) is 4.49. The van der Waals surface area contributed by atoms with Crippen molar-refractivity contribution in [3.8, 4) is 0 Å². The van der Waals surface area contributed by atoms with Gasteiger partial charge in [-0.05, 0) is 21.0 Å². The van der Waals surface area contributed by atoms with Crippen molar-refractivity contribution in [2.45, 2.75) is 19.4 Å². The van der Waals surface area contributed by atoms with Gasteiger partial charge in [-0.1, -0.05) is 0 Å². The third-order valence-electron chi connectivity index (χ3n) is 1.49. The van der Waals surface area contributed by atoms with Gasteiger partial charge in [0.25, 0.3) is 0 Å². The van der Waals surface area contributed by atoms with Crippen molar-refractivity contribution >= 4 is 11.7 Å². The largest absolute Gasteiger partial charge is 0.400 e. The van der Waals surface area contributed by atoms with Crippen molar-refractivity contribution in [3.63, 3.8) is 0 Å². The van der Waals surface area contributed by atoms with Crippen molar-refractivity contribution in [1.82, 2.24) is 4.90 Å². The van der Waals surface area contributed by atoms with Crippen LogP contribution in [0.25, 0.3) is 0 Å². The minimum Gasteiger partial charge on any atom is -0.400 e. The van der Waals surface area contributed by atoms with Gasteiger partial charge in [0, 0.05) is 13.5 Å². The number of hydrogen-bond acceptors (Lipinski definition) is 4. The number of primary amides is 1. The molecule has 0 radical (unpaired) electrons.